The lowest BCUT2D eigenvalue weighted by molar-refractivity contribution is -0.177. The molecule has 1 aliphatic heterocycles. The van der Waals surface area contributed by atoms with Gasteiger partial charge in [0, 0.05) is 13.7 Å². The third-order valence-electron chi connectivity index (χ3n) is 4.19. The number of carbonyl (C=O) groups excluding carboxylic acids is 4. The molecule has 1 heterocycles. The second-order valence-corrected chi connectivity index (χ2v) is 8.10. The van der Waals surface area contributed by atoms with Crippen LogP contribution in [0, 0.1) is 11.8 Å². The van der Waals surface area contributed by atoms with Crippen molar-refractivity contribution in [3.63, 3.8) is 0 Å². The van der Waals surface area contributed by atoms with E-state index in [-0.39, 0.29) is 18.6 Å². The number of esters is 3. The van der Waals surface area contributed by atoms with Gasteiger partial charge in [-0.25, -0.2) is 4.79 Å². The van der Waals surface area contributed by atoms with E-state index in [9.17, 15) is 24.3 Å². The van der Waals surface area contributed by atoms with Crippen LogP contribution in [0.1, 0.15) is 48.0 Å². The smallest absolute Gasteiger partial charge is 0.332 e. The monoisotopic (exact) mass is 433 g/mol. The van der Waals surface area contributed by atoms with Crippen LogP contribution in [0.3, 0.4) is 0 Å². The molecule has 0 bridgehead atoms. The summed E-state index contributed by atoms with van der Waals surface area (Å²) in [6, 6.07) is -1.15. The fourth-order valence-corrected chi connectivity index (χ4v) is 2.20. The molecule has 2 N–H and O–H groups in total. The fourth-order valence-electron chi connectivity index (χ4n) is 2.20. The lowest BCUT2D eigenvalue weighted by atomic mass is 9.95. The van der Waals surface area contributed by atoms with Gasteiger partial charge in [-0.1, -0.05) is 13.8 Å². The van der Waals surface area contributed by atoms with E-state index in [1.165, 1.54) is 6.92 Å². The number of methoxy groups -OCH3 is 1. The van der Waals surface area contributed by atoms with E-state index in [1.807, 2.05) is 20.8 Å². The van der Waals surface area contributed by atoms with E-state index in [1.54, 1.807) is 21.0 Å². The van der Waals surface area contributed by atoms with Crippen molar-refractivity contribution in [2.24, 2.45) is 11.8 Å². The fraction of sp³-hybridized carbons (Fsp3) is 0.800. The molecule has 0 aliphatic carbocycles. The van der Waals surface area contributed by atoms with Crippen LogP contribution < -0.4 is 5.32 Å². The van der Waals surface area contributed by atoms with Crippen LogP contribution in [-0.4, -0.2) is 73.6 Å². The summed E-state index contributed by atoms with van der Waals surface area (Å²) in [7, 11) is 1.71. The van der Waals surface area contributed by atoms with Crippen LogP contribution in [0.25, 0.3) is 0 Å². The molecule has 0 spiro atoms. The second-order valence-electron chi connectivity index (χ2n) is 8.10. The summed E-state index contributed by atoms with van der Waals surface area (Å²) in [4.78, 5) is 46.8. The number of amides is 1. The first kappa shape index (κ1) is 27.8. The van der Waals surface area contributed by atoms with Crippen molar-refractivity contribution in [2.75, 3.05) is 20.3 Å². The second kappa shape index (κ2) is 13.2. The third-order valence-corrected chi connectivity index (χ3v) is 4.19. The Morgan fingerprint density at radius 1 is 1.30 bits per heavy atom. The van der Waals surface area contributed by atoms with E-state index in [0.717, 1.165) is 0 Å². The zero-order valence-corrected chi connectivity index (χ0v) is 18.8. The first-order chi connectivity index (χ1) is 13.9. The van der Waals surface area contributed by atoms with Crippen molar-refractivity contribution in [1.82, 2.24) is 5.32 Å². The van der Waals surface area contributed by atoms with Crippen LogP contribution in [0.2, 0.25) is 0 Å². The Hall–Kier alpha value is -2.20. The molecule has 1 amide bonds. The number of ether oxygens (including phenoxy) is 4. The SMILES string of the molecule is CC(C)C(=O)O[C@H]1C(C)OC(=O)[C@@H](NC=O)COC(=O)C1CCO.COC(C)(C)C. The van der Waals surface area contributed by atoms with E-state index >= 15 is 0 Å². The minimum absolute atomic E-state index is 0.0253. The Labute approximate surface area is 177 Å². The van der Waals surface area contributed by atoms with Gasteiger partial charge in [0.05, 0.1) is 17.4 Å². The number of aliphatic hydroxyl groups excluding tert-OH is 1. The molecule has 0 saturated carbocycles. The van der Waals surface area contributed by atoms with Gasteiger partial charge < -0.3 is 29.4 Å². The van der Waals surface area contributed by atoms with Gasteiger partial charge in [0.1, 0.15) is 12.7 Å². The van der Waals surface area contributed by atoms with E-state index in [0.29, 0.717) is 6.41 Å². The van der Waals surface area contributed by atoms with E-state index in [4.69, 9.17) is 18.9 Å². The third kappa shape index (κ3) is 10.0. The highest BCUT2D eigenvalue weighted by Gasteiger charge is 2.41. The predicted molar refractivity (Wildman–Crippen MR) is 106 cm³/mol. The number of carbonyl (C=O) groups is 4. The van der Waals surface area contributed by atoms with Gasteiger partial charge in [-0.2, -0.15) is 0 Å². The molecule has 10 heteroatoms. The average Bonchev–Trinajstić information content (AvgIpc) is 2.69. The van der Waals surface area contributed by atoms with Crippen LogP contribution in [0.4, 0.5) is 0 Å². The minimum Gasteiger partial charge on any atom is -0.463 e. The summed E-state index contributed by atoms with van der Waals surface area (Å²) >= 11 is 0. The topological polar surface area (TPSA) is 137 Å². The number of nitrogens with one attached hydrogen (secondary N) is 1. The zero-order chi connectivity index (χ0) is 23.5. The molecule has 0 aromatic heterocycles. The lowest BCUT2D eigenvalue weighted by Gasteiger charge is -2.29. The van der Waals surface area contributed by atoms with Gasteiger partial charge >= 0.3 is 17.9 Å². The number of aliphatic hydroxyl groups is 1. The Kier molecular flexibility index (Phi) is 12.2. The van der Waals surface area contributed by atoms with Gasteiger partial charge in [0.25, 0.3) is 0 Å². The molecule has 2 unspecified atom stereocenters. The summed E-state index contributed by atoms with van der Waals surface area (Å²) in [6.45, 7) is 10.0. The molecule has 0 aromatic rings. The van der Waals surface area contributed by atoms with Crippen LogP contribution in [0.5, 0.6) is 0 Å². The molecule has 1 fully saturated rings. The Bertz CT molecular complexity index is 571. The normalized spacial score (nSPS) is 24.8. The van der Waals surface area contributed by atoms with Crippen LogP contribution >= 0.6 is 0 Å². The largest absolute Gasteiger partial charge is 0.463 e. The zero-order valence-electron chi connectivity index (χ0n) is 18.8. The van der Waals surface area contributed by atoms with E-state index < -0.39 is 54.6 Å². The minimum atomic E-state index is -1.15. The van der Waals surface area contributed by atoms with Gasteiger partial charge in [-0.15, -0.1) is 0 Å². The van der Waals surface area contributed by atoms with Crippen molar-refractivity contribution >= 4 is 24.3 Å². The maximum absolute atomic E-state index is 12.3. The van der Waals surface area contributed by atoms with Gasteiger partial charge in [-0.05, 0) is 34.1 Å². The highest BCUT2D eigenvalue weighted by Crippen LogP contribution is 2.23. The number of cyclic esters (lactones) is 2. The molecule has 10 nitrogen and oxygen atoms in total. The van der Waals surface area contributed by atoms with Crippen molar-refractivity contribution in [3.05, 3.63) is 0 Å². The molecule has 1 rings (SSSR count). The summed E-state index contributed by atoms with van der Waals surface area (Å²) in [5, 5.41) is 11.4. The first-order valence-electron chi connectivity index (χ1n) is 9.81. The van der Waals surface area contributed by atoms with Gasteiger partial charge in [-0.3, -0.25) is 14.4 Å². The molecule has 174 valence electrons. The molecule has 0 aromatic carbocycles. The van der Waals surface area contributed by atoms with Crippen molar-refractivity contribution in [1.29, 1.82) is 0 Å². The Morgan fingerprint density at radius 2 is 1.87 bits per heavy atom. The maximum Gasteiger partial charge on any atom is 0.332 e. The predicted octanol–water partition coefficient (Wildman–Crippen LogP) is 0.587. The quantitative estimate of drug-likeness (QED) is 0.350. The summed E-state index contributed by atoms with van der Waals surface area (Å²) < 4.78 is 20.5. The highest BCUT2D eigenvalue weighted by molar-refractivity contribution is 5.81. The number of hydrogen-bond donors (Lipinski definition) is 2. The molecule has 30 heavy (non-hydrogen) atoms. The summed E-state index contributed by atoms with van der Waals surface area (Å²) in [5.74, 6) is -3.56. The molecule has 4 atom stereocenters. The van der Waals surface area contributed by atoms with Crippen LogP contribution in [-0.2, 0) is 38.1 Å². The van der Waals surface area contributed by atoms with Crippen molar-refractivity contribution < 1.29 is 43.2 Å². The Morgan fingerprint density at radius 3 is 2.30 bits per heavy atom. The first-order valence-corrected chi connectivity index (χ1v) is 9.81. The van der Waals surface area contributed by atoms with Gasteiger partial charge in [0.15, 0.2) is 12.1 Å². The molecule has 1 saturated heterocycles. The lowest BCUT2D eigenvalue weighted by Crippen LogP contribution is -2.44. The standard InChI is InChI=1S/C15H23NO8.C5H12O/c1-8(2)13(19)24-12-9(3)23-15(21)11(16-7-18)6-22-14(20)10(12)4-5-17;1-5(2,3)6-4/h7-12,17H,4-6H2,1-3H3,(H,16,18);1-4H3/t9?,10?,11-,12-;/m0./s1. The Balaban J connectivity index is 0.00000122. The average molecular weight is 433 g/mol. The van der Waals surface area contributed by atoms with E-state index in [2.05, 4.69) is 5.32 Å². The molecule has 1 aliphatic rings. The summed E-state index contributed by atoms with van der Waals surface area (Å²) in [5.41, 5.74) is 0.0417. The van der Waals surface area contributed by atoms with Gasteiger partial charge in [0.2, 0.25) is 6.41 Å². The molecular formula is C20H35NO9. The maximum atomic E-state index is 12.3. The number of hydrogen-bond acceptors (Lipinski definition) is 9. The molecular weight excluding hydrogens is 398 g/mol. The number of rotatable bonds is 6. The van der Waals surface area contributed by atoms with Crippen molar-refractivity contribution in [2.45, 2.75) is 71.8 Å². The molecule has 0 radical (unpaired) electrons. The van der Waals surface area contributed by atoms with Crippen molar-refractivity contribution in [3.8, 4) is 0 Å². The summed E-state index contributed by atoms with van der Waals surface area (Å²) in [6.07, 6.45) is -1.79. The van der Waals surface area contributed by atoms with Crippen LogP contribution in [0.15, 0.2) is 0 Å². The highest BCUT2D eigenvalue weighted by atomic mass is 16.6.